The molecule has 0 bridgehead atoms. The lowest BCUT2D eigenvalue weighted by Crippen LogP contribution is -2.38. The molecule has 0 amide bonds. The molecule has 0 unspecified atom stereocenters. The number of ether oxygens (including phenoxy) is 2. The number of aliphatic hydroxyl groups is 1. The van der Waals surface area contributed by atoms with Crippen molar-refractivity contribution in [1.82, 2.24) is 0 Å². The van der Waals surface area contributed by atoms with E-state index in [-0.39, 0.29) is 12.2 Å². The number of halogens is 1. The minimum atomic E-state index is -1.04. The van der Waals surface area contributed by atoms with Crippen LogP contribution in [0.4, 0.5) is 0 Å². The summed E-state index contributed by atoms with van der Waals surface area (Å²) in [5.41, 5.74) is -0.698. The maximum atomic E-state index is 11.0. The fourth-order valence-electron chi connectivity index (χ4n) is 2.54. The molecule has 6 heteroatoms. The first-order valence-corrected chi connectivity index (χ1v) is 7.70. The molecule has 0 heterocycles. The highest BCUT2D eigenvalue weighted by Gasteiger charge is 2.30. The Balaban J connectivity index is 2.17. The second kappa shape index (κ2) is 6.66. The molecule has 0 aliphatic heterocycles. The Labute approximate surface area is 132 Å². The van der Waals surface area contributed by atoms with E-state index in [4.69, 9.17) is 14.6 Å². The van der Waals surface area contributed by atoms with E-state index >= 15 is 0 Å². The van der Waals surface area contributed by atoms with Crippen LogP contribution in [0.15, 0.2) is 16.6 Å². The van der Waals surface area contributed by atoms with Crippen molar-refractivity contribution >= 4 is 21.9 Å². The highest BCUT2D eigenvalue weighted by Crippen LogP contribution is 2.38. The topological polar surface area (TPSA) is 76.0 Å². The molecule has 0 atom stereocenters. The van der Waals surface area contributed by atoms with E-state index in [1.165, 1.54) is 19.2 Å². The second-order valence-electron chi connectivity index (χ2n) is 5.37. The van der Waals surface area contributed by atoms with Gasteiger partial charge in [0.05, 0.1) is 22.7 Å². The minimum absolute atomic E-state index is 0.113. The van der Waals surface area contributed by atoms with Gasteiger partial charge in [-0.3, -0.25) is 0 Å². The number of hydrogen-bond donors (Lipinski definition) is 2. The maximum absolute atomic E-state index is 11.0. The number of carboxylic acid groups (broad SMARTS) is 1. The summed E-state index contributed by atoms with van der Waals surface area (Å²) in [7, 11) is 1.45. The van der Waals surface area contributed by atoms with Crippen LogP contribution >= 0.6 is 15.9 Å². The van der Waals surface area contributed by atoms with E-state index in [2.05, 4.69) is 15.9 Å². The third-order valence-corrected chi connectivity index (χ3v) is 4.33. The SMILES string of the molecule is COc1cc(C(=O)O)cc(Br)c1OCC1(O)CCCCC1. The Kier molecular flexibility index (Phi) is 5.11. The van der Waals surface area contributed by atoms with E-state index in [0.29, 0.717) is 16.0 Å². The highest BCUT2D eigenvalue weighted by atomic mass is 79.9. The van der Waals surface area contributed by atoms with Crippen LogP contribution in [-0.2, 0) is 0 Å². The monoisotopic (exact) mass is 358 g/mol. The number of methoxy groups -OCH3 is 1. The van der Waals surface area contributed by atoms with Gasteiger partial charge in [0.1, 0.15) is 6.61 Å². The summed E-state index contributed by atoms with van der Waals surface area (Å²) in [4.78, 5) is 11.0. The van der Waals surface area contributed by atoms with Crippen LogP contribution in [0.5, 0.6) is 11.5 Å². The summed E-state index contributed by atoms with van der Waals surface area (Å²) in [5, 5.41) is 19.5. The Morgan fingerprint density at radius 3 is 2.57 bits per heavy atom. The number of hydrogen-bond acceptors (Lipinski definition) is 4. The van der Waals surface area contributed by atoms with Gasteiger partial charge in [0.2, 0.25) is 0 Å². The van der Waals surface area contributed by atoms with Gasteiger partial charge < -0.3 is 19.7 Å². The molecular weight excluding hydrogens is 340 g/mol. The van der Waals surface area contributed by atoms with Crippen molar-refractivity contribution in [1.29, 1.82) is 0 Å². The number of benzene rings is 1. The smallest absolute Gasteiger partial charge is 0.335 e. The van der Waals surface area contributed by atoms with Crippen LogP contribution in [0, 0.1) is 0 Å². The number of carboxylic acids is 1. The molecule has 1 aliphatic rings. The van der Waals surface area contributed by atoms with Crippen LogP contribution in [0.25, 0.3) is 0 Å². The maximum Gasteiger partial charge on any atom is 0.335 e. The van der Waals surface area contributed by atoms with Crippen molar-refractivity contribution in [2.75, 3.05) is 13.7 Å². The van der Waals surface area contributed by atoms with E-state index < -0.39 is 11.6 Å². The molecule has 1 aromatic rings. The predicted molar refractivity (Wildman–Crippen MR) is 81.2 cm³/mol. The molecule has 2 rings (SSSR count). The molecule has 0 spiro atoms. The number of aromatic carboxylic acids is 1. The van der Waals surface area contributed by atoms with Gasteiger partial charge in [-0.2, -0.15) is 0 Å². The van der Waals surface area contributed by atoms with Crippen molar-refractivity contribution in [3.05, 3.63) is 22.2 Å². The van der Waals surface area contributed by atoms with Gasteiger partial charge in [0.25, 0.3) is 0 Å². The van der Waals surface area contributed by atoms with Crippen molar-refractivity contribution < 1.29 is 24.5 Å². The number of rotatable bonds is 5. The predicted octanol–water partition coefficient (Wildman–Crippen LogP) is 3.23. The Bertz CT molecular complexity index is 523. The Hall–Kier alpha value is -1.27. The average molecular weight is 359 g/mol. The summed E-state index contributed by atoms with van der Waals surface area (Å²) in [6.07, 6.45) is 4.58. The van der Waals surface area contributed by atoms with Crippen LogP contribution in [0.2, 0.25) is 0 Å². The molecule has 0 aromatic heterocycles. The first-order chi connectivity index (χ1) is 9.95. The van der Waals surface area contributed by atoms with Crippen LogP contribution in [0.3, 0.4) is 0 Å². The van der Waals surface area contributed by atoms with Gasteiger partial charge in [0.15, 0.2) is 11.5 Å². The summed E-state index contributed by atoms with van der Waals surface area (Å²) in [6.45, 7) is 0.175. The standard InChI is InChI=1S/C15H19BrO5/c1-20-12-8-10(14(17)18)7-11(16)13(12)21-9-15(19)5-3-2-4-6-15/h7-8,19H,2-6,9H2,1H3,(H,17,18). The fraction of sp³-hybridized carbons (Fsp3) is 0.533. The molecular formula is C15H19BrO5. The van der Waals surface area contributed by atoms with E-state index in [0.717, 1.165) is 32.1 Å². The fourth-order valence-corrected chi connectivity index (χ4v) is 3.10. The summed E-state index contributed by atoms with van der Waals surface area (Å²) in [6, 6.07) is 2.87. The van der Waals surface area contributed by atoms with Gasteiger partial charge in [-0.25, -0.2) is 4.79 Å². The molecule has 1 aromatic carbocycles. The quantitative estimate of drug-likeness (QED) is 0.844. The molecule has 0 radical (unpaired) electrons. The van der Waals surface area contributed by atoms with Crippen LogP contribution in [-0.4, -0.2) is 35.5 Å². The van der Waals surface area contributed by atoms with Crippen molar-refractivity contribution in [3.8, 4) is 11.5 Å². The van der Waals surface area contributed by atoms with Gasteiger partial charge >= 0.3 is 5.97 Å². The summed E-state index contributed by atoms with van der Waals surface area (Å²) >= 11 is 3.30. The zero-order valence-electron chi connectivity index (χ0n) is 11.9. The lowest BCUT2D eigenvalue weighted by Gasteiger charge is -2.32. The second-order valence-corrected chi connectivity index (χ2v) is 6.22. The summed E-state index contributed by atoms with van der Waals surface area (Å²) in [5.74, 6) is -0.283. The zero-order chi connectivity index (χ0) is 15.5. The van der Waals surface area contributed by atoms with Crippen molar-refractivity contribution in [3.63, 3.8) is 0 Å². The zero-order valence-corrected chi connectivity index (χ0v) is 13.5. The molecule has 116 valence electrons. The lowest BCUT2D eigenvalue weighted by atomic mass is 9.85. The Morgan fingerprint density at radius 1 is 1.33 bits per heavy atom. The first kappa shape index (κ1) is 16.1. The molecule has 1 fully saturated rings. The third kappa shape index (κ3) is 3.89. The largest absolute Gasteiger partial charge is 0.493 e. The van der Waals surface area contributed by atoms with E-state index in [9.17, 15) is 9.90 Å². The van der Waals surface area contributed by atoms with Crippen LogP contribution in [0.1, 0.15) is 42.5 Å². The first-order valence-electron chi connectivity index (χ1n) is 6.91. The molecule has 1 saturated carbocycles. The summed E-state index contributed by atoms with van der Waals surface area (Å²) < 4.78 is 11.4. The Morgan fingerprint density at radius 2 is 2.00 bits per heavy atom. The average Bonchev–Trinajstić information content (AvgIpc) is 2.45. The molecule has 5 nitrogen and oxygen atoms in total. The van der Waals surface area contributed by atoms with E-state index in [1.807, 2.05) is 0 Å². The molecule has 1 aliphatic carbocycles. The highest BCUT2D eigenvalue weighted by molar-refractivity contribution is 9.10. The van der Waals surface area contributed by atoms with Gasteiger partial charge in [0, 0.05) is 0 Å². The van der Waals surface area contributed by atoms with Gasteiger partial charge in [-0.1, -0.05) is 19.3 Å². The van der Waals surface area contributed by atoms with Crippen molar-refractivity contribution in [2.45, 2.75) is 37.7 Å². The van der Waals surface area contributed by atoms with E-state index in [1.54, 1.807) is 0 Å². The normalized spacial score (nSPS) is 17.3. The lowest BCUT2D eigenvalue weighted by molar-refractivity contribution is -0.0345. The molecule has 0 saturated heterocycles. The van der Waals surface area contributed by atoms with Crippen molar-refractivity contribution in [2.24, 2.45) is 0 Å². The third-order valence-electron chi connectivity index (χ3n) is 3.75. The van der Waals surface area contributed by atoms with Crippen LogP contribution < -0.4 is 9.47 Å². The number of carbonyl (C=O) groups is 1. The van der Waals surface area contributed by atoms with Gasteiger partial charge in [-0.05, 0) is 40.9 Å². The minimum Gasteiger partial charge on any atom is -0.493 e. The molecule has 21 heavy (non-hydrogen) atoms. The van der Waals surface area contributed by atoms with Gasteiger partial charge in [-0.15, -0.1) is 0 Å². The molecule has 2 N–H and O–H groups in total.